The van der Waals surface area contributed by atoms with Crippen LogP contribution in [0.4, 0.5) is 0 Å². The fraction of sp³-hybridized carbons (Fsp3) is 0.176. The summed E-state index contributed by atoms with van der Waals surface area (Å²) in [7, 11) is 1.65. The molecule has 23 heavy (non-hydrogen) atoms. The second kappa shape index (κ2) is 6.66. The van der Waals surface area contributed by atoms with Crippen molar-refractivity contribution >= 4 is 17.2 Å². The van der Waals surface area contributed by atoms with Crippen LogP contribution in [-0.2, 0) is 11.3 Å². The van der Waals surface area contributed by atoms with Gasteiger partial charge in [0.05, 0.1) is 19.2 Å². The maximum Gasteiger partial charge on any atom is 0.217 e. The van der Waals surface area contributed by atoms with Crippen molar-refractivity contribution in [1.29, 1.82) is 0 Å². The molecule has 0 bridgehead atoms. The van der Waals surface area contributed by atoms with Gasteiger partial charge in [0.2, 0.25) is 5.91 Å². The number of benzene rings is 1. The number of amides is 1. The van der Waals surface area contributed by atoms with Crippen LogP contribution in [0, 0.1) is 0 Å². The van der Waals surface area contributed by atoms with Gasteiger partial charge < -0.3 is 14.5 Å². The molecule has 0 saturated carbocycles. The number of nitrogens with zero attached hydrogens (tertiary/aromatic N) is 1. The molecule has 6 heteroatoms. The second-order valence-electron chi connectivity index (χ2n) is 4.91. The van der Waals surface area contributed by atoms with Crippen molar-refractivity contribution in [2.75, 3.05) is 7.11 Å². The first-order valence-corrected chi connectivity index (χ1v) is 7.98. The molecule has 0 spiro atoms. The molecule has 2 aromatic heterocycles. The highest BCUT2D eigenvalue weighted by Crippen LogP contribution is 2.34. The van der Waals surface area contributed by atoms with Gasteiger partial charge in [-0.15, -0.1) is 11.3 Å². The Balaban J connectivity index is 1.83. The van der Waals surface area contributed by atoms with E-state index in [0.717, 1.165) is 22.0 Å². The summed E-state index contributed by atoms with van der Waals surface area (Å²) in [5.41, 5.74) is 1.72. The molecule has 0 fully saturated rings. The largest absolute Gasteiger partial charge is 0.496 e. The van der Waals surface area contributed by atoms with Crippen LogP contribution in [0.1, 0.15) is 12.7 Å². The number of nitrogens with one attached hydrogen (secondary N) is 1. The van der Waals surface area contributed by atoms with E-state index in [-0.39, 0.29) is 5.91 Å². The SMILES string of the molecule is COc1ccccc1-c1nc(-c2ccc(CNC(C)=O)o2)cs1. The number of hydrogen-bond donors (Lipinski definition) is 1. The molecule has 3 rings (SSSR count). The number of carbonyl (C=O) groups excluding carboxylic acids is 1. The number of furan rings is 1. The monoisotopic (exact) mass is 328 g/mol. The summed E-state index contributed by atoms with van der Waals surface area (Å²) in [4.78, 5) is 15.6. The number of hydrogen-bond acceptors (Lipinski definition) is 5. The van der Waals surface area contributed by atoms with E-state index in [0.29, 0.717) is 18.1 Å². The molecule has 0 aliphatic carbocycles. The lowest BCUT2D eigenvalue weighted by Gasteiger charge is -2.04. The van der Waals surface area contributed by atoms with Crippen LogP contribution in [0.2, 0.25) is 0 Å². The number of para-hydroxylation sites is 1. The summed E-state index contributed by atoms with van der Waals surface area (Å²) in [5.74, 6) is 2.08. The highest BCUT2D eigenvalue weighted by atomic mass is 32.1. The van der Waals surface area contributed by atoms with Crippen molar-refractivity contribution < 1.29 is 13.9 Å². The molecule has 1 aromatic carbocycles. The number of rotatable bonds is 5. The third kappa shape index (κ3) is 3.43. The van der Waals surface area contributed by atoms with Gasteiger partial charge in [0.25, 0.3) is 0 Å². The number of methoxy groups -OCH3 is 1. The van der Waals surface area contributed by atoms with E-state index >= 15 is 0 Å². The van der Waals surface area contributed by atoms with Gasteiger partial charge in [0.1, 0.15) is 22.2 Å². The van der Waals surface area contributed by atoms with Crippen molar-refractivity contribution in [1.82, 2.24) is 10.3 Å². The highest BCUT2D eigenvalue weighted by Gasteiger charge is 2.13. The van der Waals surface area contributed by atoms with E-state index in [1.54, 1.807) is 7.11 Å². The van der Waals surface area contributed by atoms with Gasteiger partial charge in [-0.1, -0.05) is 12.1 Å². The number of aromatic nitrogens is 1. The molecule has 0 unspecified atom stereocenters. The minimum absolute atomic E-state index is 0.0879. The lowest BCUT2D eigenvalue weighted by molar-refractivity contribution is -0.119. The average Bonchev–Trinajstić information content (AvgIpc) is 3.22. The summed E-state index contributed by atoms with van der Waals surface area (Å²) in [5, 5.41) is 5.53. The van der Waals surface area contributed by atoms with Gasteiger partial charge in [-0.3, -0.25) is 4.79 Å². The van der Waals surface area contributed by atoms with Crippen LogP contribution >= 0.6 is 11.3 Å². The van der Waals surface area contributed by atoms with Gasteiger partial charge in [-0.25, -0.2) is 4.98 Å². The molecule has 0 saturated heterocycles. The normalized spacial score (nSPS) is 10.5. The quantitative estimate of drug-likeness (QED) is 0.775. The van der Waals surface area contributed by atoms with Crippen molar-refractivity contribution in [3.05, 3.63) is 47.5 Å². The molecule has 0 aliphatic heterocycles. The Labute approximate surface area is 137 Å². The van der Waals surface area contributed by atoms with Crippen molar-refractivity contribution in [2.24, 2.45) is 0 Å². The smallest absolute Gasteiger partial charge is 0.217 e. The zero-order valence-corrected chi connectivity index (χ0v) is 13.6. The zero-order valence-electron chi connectivity index (χ0n) is 12.8. The molecule has 5 nitrogen and oxygen atoms in total. The molecule has 118 valence electrons. The molecule has 1 N–H and O–H groups in total. The molecule has 0 atom stereocenters. The fourth-order valence-corrected chi connectivity index (χ4v) is 2.99. The first-order chi connectivity index (χ1) is 11.2. The van der Waals surface area contributed by atoms with Gasteiger partial charge in [-0.2, -0.15) is 0 Å². The number of carbonyl (C=O) groups is 1. The minimum Gasteiger partial charge on any atom is -0.496 e. The Bertz CT molecular complexity index is 823. The Morgan fingerprint density at radius 2 is 2.13 bits per heavy atom. The van der Waals surface area contributed by atoms with E-state index < -0.39 is 0 Å². The molecule has 2 heterocycles. The van der Waals surface area contributed by atoms with E-state index in [4.69, 9.17) is 9.15 Å². The van der Waals surface area contributed by atoms with Crippen molar-refractivity contribution in [3.8, 4) is 27.8 Å². The minimum atomic E-state index is -0.0879. The summed E-state index contributed by atoms with van der Waals surface area (Å²) in [6.45, 7) is 1.85. The van der Waals surface area contributed by atoms with Gasteiger partial charge in [0, 0.05) is 12.3 Å². The van der Waals surface area contributed by atoms with Crippen molar-refractivity contribution in [3.63, 3.8) is 0 Å². The number of ether oxygens (including phenoxy) is 1. The number of thiazole rings is 1. The van der Waals surface area contributed by atoms with E-state index in [1.165, 1.54) is 18.3 Å². The van der Waals surface area contributed by atoms with E-state index in [1.807, 2.05) is 41.8 Å². The molecule has 0 radical (unpaired) electrons. The van der Waals surface area contributed by atoms with Gasteiger partial charge >= 0.3 is 0 Å². The Hall–Kier alpha value is -2.60. The predicted molar refractivity (Wildman–Crippen MR) is 89.3 cm³/mol. The molecular weight excluding hydrogens is 312 g/mol. The van der Waals surface area contributed by atoms with Crippen LogP contribution in [-0.4, -0.2) is 18.0 Å². The van der Waals surface area contributed by atoms with Crippen LogP contribution < -0.4 is 10.1 Å². The van der Waals surface area contributed by atoms with Crippen LogP contribution in [0.25, 0.3) is 22.0 Å². The molecular formula is C17H16N2O3S. The third-order valence-electron chi connectivity index (χ3n) is 3.27. The van der Waals surface area contributed by atoms with E-state index in [2.05, 4.69) is 10.3 Å². The lowest BCUT2D eigenvalue weighted by atomic mass is 10.2. The Morgan fingerprint density at radius 3 is 2.91 bits per heavy atom. The summed E-state index contributed by atoms with van der Waals surface area (Å²) >= 11 is 1.53. The standard InChI is InChI=1S/C17H16N2O3S/c1-11(20)18-9-12-7-8-16(22-12)14-10-23-17(19-14)13-5-3-4-6-15(13)21-2/h3-8,10H,9H2,1-2H3,(H,18,20). The van der Waals surface area contributed by atoms with Crippen LogP contribution in [0.3, 0.4) is 0 Å². The average molecular weight is 328 g/mol. The summed E-state index contributed by atoms with van der Waals surface area (Å²) < 4.78 is 11.1. The van der Waals surface area contributed by atoms with Crippen LogP contribution in [0.15, 0.2) is 46.2 Å². The lowest BCUT2D eigenvalue weighted by Crippen LogP contribution is -2.18. The molecule has 3 aromatic rings. The predicted octanol–water partition coefficient (Wildman–Crippen LogP) is 3.71. The fourth-order valence-electron chi connectivity index (χ4n) is 2.15. The molecule has 1 amide bonds. The maximum absolute atomic E-state index is 10.9. The zero-order chi connectivity index (χ0) is 16.2. The highest BCUT2D eigenvalue weighted by molar-refractivity contribution is 7.13. The first kappa shape index (κ1) is 15.3. The van der Waals surface area contributed by atoms with Gasteiger partial charge in [-0.05, 0) is 24.3 Å². The Morgan fingerprint density at radius 1 is 1.30 bits per heavy atom. The topological polar surface area (TPSA) is 64.4 Å². The maximum atomic E-state index is 10.9. The molecule has 0 aliphatic rings. The van der Waals surface area contributed by atoms with Crippen LogP contribution in [0.5, 0.6) is 5.75 Å². The Kier molecular flexibility index (Phi) is 4.43. The van der Waals surface area contributed by atoms with E-state index in [9.17, 15) is 4.79 Å². The summed E-state index contributed by atoms with van der Waals surface area (Å²) in [6.07, 6.45) is 0. The third-order valence-corrected chi connectivity index (χ3v) is 4.14. The summed E-state index contributed by atoms with van der Waals surface area (Å²) in [6, 6.07) is 11.5. The van der Waals surface area contributed by atoms with Gasteiger partial charge in [0.15, 0.2) is 5.76 Å². The first-order valence-electron chi connectivity index (χ1n) is 7.10. The second-order valence-corrected chi connectivity index (χ2v) is 5.77. The van der Waals surface area contributed by atoms with Crippen molar-refractivity contribution in [2.45, 2.75) is 13.5 Å².